The molecule has 0 aliphatic carbocycles. The van der Waals surface area contributed by atoms with Gasteiger partial charge in [0, 0.05) is 19.4 Å². The molecule has 21 heteroatoms. The van der Waals surface area contributed by atoms with Gasteiger partial charge in [0.15, 0.2) is 0 Å². The van der Waals surface area contributed by atoms with Crippen LogP contribution in [0.15, 0.2) is 0 Å². The van der Waals surface area contributed by atoms with Crippen molar-refractivity contribution >= 4 is 53.4 Å². The summed E-state index contributed by atoms with van der Waals surface area (Å²) in [4.78, 5) is 113. The number of aliphatic carboxylic acids is 3. The second-order valence-corrected chi connectivity index (χ2v) is 13.6. The highest BCUT2D eigenvalue weighted by Gasteiger charge is 2.37. The number of carboxylic acid groups (broad SMARTS) is 3. The highest BCUT2D eigenvalue weighted by molar-refractivity contribution is 5.96. The number of hydrogen-bond acceptors (Lipinski definition) is 12. The first kappa shape index (κ1) is 47.1. The summed E-state index contributed by atoms with van der Waals surface area (Å²) in [5, 5.41) is 49.4. The number of likely N-dealkylation sites (tertiary alicyclic amines) is 1. The van der Waals surface area contributed by atoms with E-state index in [0.29, 0.717) is 19.3 Å². The predicted octanol–water partition coefficient (Wildman–Crippen LogP) is -3.27. The summed E-state index contributed by atoms with van der Waals surface area (Å²) in [6.07, 6.45) is -1.25. The molecule has 0 saturated carbocycles. The number of nitrogens with one attached hydrogen (secondary N) is 5. The molecule has 1 aliphatic heterocycles. The second-order valence-electron chi connectivity index (χ2n) is 13.6. The van der Waals surface area contributed by atoms with E-state index in [1.54, 1.807) is 13.8 Å². The molecular formula is C33H56N8O13. The van der Waals surface area contributed by atoms with Crippen LogP contribution >= 0.6 is 0 Å². The first-order valence-electron chi connectivity index (χ1n) is 17.9. The van der Waals surface area contributed by atoms with E-state index in [-0.39, 0.29) is 51.1 Å². The monoisotopic (exact) mass is 772 g/mol. The zero-order chi connectivity index (χ0) is 41.1. The van der Waals surface area contributed by atoms with Gasteiger partial charge in [0.05, 0.1) is 18.7 Å². The molecule has 7 atom stereocenters. The van der Waals surface area contributed by atoms with Gasteiger partial charge in [0.1, 0.15) is 30.2 Å². The van der Waals surface area contributed by atoms with Crippen molar-refractivity contribution in [1.29, 1.82) is 0 Å². The molecule has 306 valence electrons. The molecular weight excluding hydrogens is 716 g/mol. The maximum Gasteiger partial charge on any atom is 0.326 e. The van der Waals surface area contributed by atoms with Gasteiger partial charge in [-0.1, -0.05) is 13.8 Å². The highest BCUT2D eigenvalue weighted by atomic mass is 16.4. The Morgan fingerprint density at radius 2 is 1.35 bits per heavy atom. The Kier molecular flexibility index (Phi) is 20.7. The molecule has 0 radical (unpaired) electrons. The molecule has 1 saturated heterocycles. The lowest BCUT2D eigenvalue weighted by atomic mass is 10.0. The van der Waals surface area contributed by atoms with Gasteiger partial charge in [-0.3, -0.25) is 38.4 Å². The van der Waals surface area contributed by atoms with E-state index in [9.17, 15) is 53.4 Å². The largest absolute Gasteiger partial charge is 0.481 e. The number of amides is 6. The van der Waals surface area contributed by atoms with Gasteiger partial charge in [0.25, 0.3) is 0 Å². The molecule has 0 bridgehead atoms. The van der Waals surface area contributed by atoms with Crippen LogP contribution in [0.2, 0.25) is 0 Å². The van der Waals surface area contributed by atoms with Crippen molar-refractivity contribution in [3.8, 4) is 0 Å². The van der Waals surface area contributed by atoms with E-state index >= 15 is 0 Å². The summed E-state index contributed by atoms with van der Waals surface area (Å²) in [6.45, 7) is 4.59. The van der Waals surface area contributed by atoms with Crippen LogP contribution in [0.4, 0.5) is 0 Å². The molecule has 0 aromatic rings. The zero-order valence-corrected chi connectivity index (χ0v) is 30.9. The highest BCUT2D eigenvalue weighted by Crippen LogP contribution is 2.19. The zero-order valence-electron chi connectivity index (χ0n) is 30.9. The van der Waals surface area contributed by atoms with Crippen molar-refractivity contribution in [3.63, 3.8) is 0 Å². The van der Waals surface area contributed by atoms with Gasteiger partial charge >= 0.3 is 17.9 Å². The quantitative estimate of drug-likeness (QED) is 0.0406. The van der Waals surface area contributed by atoms with Crippen molar-refractivity contribution in [1.82, 2.24) is 31.5 Å². The van der Waals surface area contributed by atoms with Crippen LogP contribution in [-0.2, 0) is 43.2 Å². The summed E-state index contributed by atoms with van der Waals surface area (Å²) in [5.74, 6) is -8.94. The van der Waals surface area contributed by atoms with E-state index < -0.39 is 115 Å². The number of aliphatic hydroxyl groups is 1. The Morgan fingerprint density at radius 3 is 1.91 bits per heavy atom. The lowest BCUT2D eigenvalue weighted by Crippen LogP contribution is -2.60. The molecule has 0 aromatic heterocycles. The minimum absolute atomic E-state index is 0.0399. The summed E-state index contributed by atoms with van der Waals surface area (Å²) in [5.41, 5.74) is 11.5. The third-order valence-electron chi connectivity index (χ3n) is 8.51. The average Bonchev–Trinajstić information content (AvgIpc) is 3.58. The first-order chi connectivity index (χ1) is 25.3. The van der Waals surface area contributed by atoms with Gasteiger partial charge in [-0.2, -0.15) is 0 Å². The molecule has 1 heterocycles. The van der Waals surface area contributed by atoms with Gasteiger partial charge in [-0.15, -0.1) is 0 Å². The van der Waals surface area contributed by atoms with Crippen LogP contribution in [0, 0.1) is 5.92 Å². The standard InChI is InChI=1S/C33H56N8O13/c1-17(2)15-22(29(49)40-27(18(3)42)31(51)38-21(33(53)54)10-12-26(46)47)39-28(48)20(7-4-5-13-34)37-24(43)16-36-30(50)23-8-6-14-41(23)32(52)19(35)9-11-25(44)45/h17-23,27,42H,4-16,34-35H2,1-3H3,(H,36,50)(H,37,43)(H,38,51)(H,39,48)(H,40,49)(H,44,45)(H,46,47)(H,53,54)/t18-,19+,20+,21+,22+,23+,27+/m1/s1. The SMILES string of the molecule is CC(C)C[C@H](NC(=O)[C@H](CCCCN)NC(=O)CNC(=O)[C@@H]1CCCN1C(=O)[C@@H](N)CCC(=O)O)C(=O)N[C@H](C(=O)N[C@@H](CCC(=O)O)C(=O)O)[C@@H](C)O. The van der Waals surface area contributed by atoms with Crippen molar-refractivity contribution < 1.29 is 63.6 Å². The Hall–Kier alpha value is -4.89. The average molecular weight is 773 g/mol. The third-order valence-corrected chi connectivity index (χ3v) is 8.51. The van der Waals surface area contributed by atoms with Crippen LogP contribution in [0.3, 0.4) is 0 Å². The third kappa shape index (κ3) is 16.8. The fourth-order valence-electron chi connectivity index (χ4n) is 5.63. The fraction of sp³-hybridized carbons (Fsp3) is 0.727. The Labute approximate surface area is 312 Å². The number of hydrogen-bond donors (Lipinski definition) is 11. The van der Waals surface area contributed by atoms with Gasteiger partial charge in [-0.05, 0) is 70.8 Å². The van der Waals surface area contributed by atoms with Crippen molar-refractivity contribution in [2.45, 2.75) is 127 Å². The lowest BCUT2D eigenvalue weighted by Gasteiger charge is -2.28. The van der Waals surface area contributed by atoms with Gasteiger partial charge in [0.2, 0.25) is 35.4 Å². The molecule has 1 aliphatic rings. The minimum Gasteiger partial charge on any atom is -0.481 e. The van der Waals surface area contributed by atoms with Crippen molar-refractivity contribution in [3.05, 3.63) is 0 Å². The number of nitrogens with zero attached hydrogens (tertiary/aromatic N) is 1. The van der Waals surface area contributed by atoms with Crippen LogP contribution in [-0.4, -0.2) is 141 Å². The number of unbranched alkanes of at least 4 members (excludes halogenated alkanes) is 1. The summed E-state index contributed by atoms with van der Waals surface area (Å²) < 4.78 is 0. The molecule has 21 nitrogen and oxygen atoms in total. The maximum absolute atomic E-state index is 13.5. The molecule has 54 heavy (non-hydrogen) atoms. The lowest BCUT2D eigenvalue weighted by molar-refractivity contribution is -0.144. The van der Waals surface area contributed by atoms with E-state index in [2.05, 4.69) is 26.6 Å². The predicted molar refractivity (Wildman–Crippen MR) is 189 cm³/mol. The van der Waals surface area contributed by atoms with Crippen LogP contribution in [0.5, 0.6) is 0 Å². The Bertz CT molecular complexity index is 1340. The van der Waals surface area contributed by atoms with Gasteiger partial charge in [-0.25, -0.2) is 4.79 Å². The smallest absolute Gasteiger partial charge is 0.326 e. The van der Waals surface area contributed by atoms with Crippen LogP contribution < -0.4 is 38.1 Å². The maximum atomic E-state index is 13.5. The van der Waals surface area contributed by atoms with Crippen molar-refractivity contribution in [2.24, 2.45) is 17.4 Å². The number of nitrogens with two attached hydrogens (primary N) is 2. The van der Waals surface area contributed by atoms with Crippen molar-refractivity contribution in [2.75, 3.05) is 19.6 Å². The van der Waals surface area contributed by atoms with E-state index in [1.165, 1.54) is 4.90 Å². The summed E-state index contributed by atoms with van der Waals surface area (Å²) >= 11 is 0. The fourth-order valence-corrected chi connectivity index (χ4v) is 5.63. The molecule has 0 unspecified atom stereocenters. The summed E-state index contributed by atoms with van der Waals surface area (Å²) in [7, 11) is 0. The minimum atomic E-state index is -1.69. The molecule has 13 N–H and O–H groups in total. The number of carboxylic acids is 3. The molecule has 0 spiro atoms. The Morgan fingerprint density at radius 1 is 0.759 bits per heavy atom. The second kappa shape index (κ2) is 23.7. The first-order valence-corrected chi connectivity index (χ1v) is 17.9. The van der Waals surface area contributed by atoms with E-state index in [0.717, 1.165) is 6.92 Å². The number of carbonyl (C=O) groups excluding carboxylic acids is 6. The molecule has 1 rings (SSSR count). The van der Waals surface area contributed by atoms with E-state index in [1.807, 2.05) is 0 Å². The molecule has 0 aromatic carbocycles. The number of carbonyl (C=O) groups is 9. The topological polar surface area (TPSA) is 350 Å². The Balaban J connectivity index is 3.02. The molecule has 1 fully saturated rings. The molecule has 6 amide bonds. The number of rotatable bonds is 25. The normalized spacial score (nSPS) is 17.2. The van der Waals surface area contributed by atoms with Crippen LogP contribution in [0.1, 0.15) is 85.0 Å². The van der Waals surface area contributed by atoms with Gasteiger partial charge < -0.3 is 63.4 Å². The number of aliphatic hydroxyl groups excluding tert-OH is 1. The van der Waals surface area contributed by atoms with E-state index in [4.69, 9.17) is 21.7 Å². The van der Waals surface area contributed by atoms with Crippen LogP contribution in [0.25, 0.3) is 0 Å². The summed E-state index contributed by atoms with van der Waals surface area (Å²) in [6, 6.07) is -7.88.